The monoisotopic (exact) mass is 344 g/mol. The summed E-state index contributed by atoms with van der Waals surface area (Å²) in [6.45, 7) is 0.604. The van der Waals surface area contributed by atoms with E-state index in [-0.39, 0.29) is 6.42 Å². The first kappa shape index (κ1) is 16.5. The number of rotatable bonds is 8. The predicted octanol–water partition coefficient (Wildman–Crippen LogP) is 3.85. The Kier molecular flexibility index (Phi) is 5.15. The van der Waals surface area contributed by atoms with Gasteiger partial charge in [-0.05, 0) is 30.7 Å². The quantitative estimate of drug-likeness (QED) is 0.632. The number of hydrogen-bond acceptors (Lipinski definition) is 5. The average molecular weight is 344 g/mol. The molecule has 0 radical (unpaired) electrons. The van der Waals surface area contributed by atoms with Gasteiger partial charge in [0.2, 0.25) is 0 Å². The van der Waals surface area contributed by atoms with Crippen LogP contribution in [-0.4, -0.2) is 28.4 Å². The van der Waals surface area contributed by atoms with Crippen LogP contribution >= 0.6 is 11.8 Å². The van der Waals surface area contributed by atoms with Crippen LogP contribution in [0, 0.1) is 0 Å². The third kappa shape index (κ3) is 4.14. The molecule has 2 aromatic carbocycles. The Morgan fingerprint density at radius 3 is 2.29 bits per heavy atom. The van der Waals surface area contributed by atoms with Gasteiger partial charge in [0.05, 0.1) is 24.4 Å². The van der Waals surface area contributed by atoms with Crippen LogP contribution in [0.4, 0.5) is 11.4 Å². The van der Waals surface area contributed by atoms with Gasteiger partial charge in [-0.25, -0.2) is 0 Å². The number of nitrogens with one attached hydrogen (secondary N) is 2. The highest BCUT2D eigenvalue weighted by molar-refractivity contribution is 8.00. The number of para-hydroxylation sites is 3. The van der Waals surface area contributed by atoms with Crippen LogP contribution in [-0.2, 0) is 4.79 Å². The molecule has 3 rings (SSSR count). The molecule has 0 fully saturated rings. The fraction of sp³-hybridized carbons (Fsp3) is 0.278. The zero-order chi connectivity index (χ0) is 16.8. The van der Waals surface area contributed by atoms with E-state index in [9.17, 15) is 9.90 Å². The highest BCUT2D eigenvalue weighted by Gasteiger charge is 2.38. The lowest BCUT2D eigenvalue weighted by Gasteiger charge is -2.28. The normalized spacial score (nSPS) is 14.3. The van der Waals surface area contributed by atoms with Crippen molar-refractivity contribution in [1.82, 2.24) is 0 Å². The Balaban J connectivity index is 1.52. The average Bonchev–Trinajstić information content (AvgIpc) is 2.92. The van der Waals surface area contributed by atoms with E-state index in [0.29, 0.717) is 6.61 Å². The van der Waals surface area contributed by atoms with E-state index in [1.807, 2.05) is 54.6 Å². The van der Waals surface area contributed by atoms with Gasteiger partial charge >= 0.3 is 5.97 Å². The van der Waals surface area contributed by atoms with Gasteiger partial charge in [-0.3, -0.25) is 4.79 Å². The van der Waals surface area contributed by atoms with Crippen LogP contribution in [0.5, 0.6) is 5.75 Å². The number of fused-ring (bicyclic) bond motifs is 1. The fourth-order valence-corrected chi connectivity index (χ4v) is 3.80. The molecule has 6 heteroatoms. The molecule has 126 valence electrons. The standard InChI is InChI=1S/C18H20N2O3S/c21-17(22)13-18(19-15-9-4-5-10-16(15)20-18)24-12-6-11-23-14-7-2-1-3-8-14/h1-5,7-10,19-20H,6,11-13H2,(H,21,22). The SMILES string of the molecule is O=C(O)CC1(SCCCOc2ccccc2)Nc2ccccc2N1. The van der Waals surface area contributed by atoms with Crippen LogP contribution in [0.15, 0.2) is 54.6 Å². The van der Waals surface area contributed by atoms with E-state index in [1.165, 1.54) is 0 Å². The van der Waals surface area contributed by atoms with Crippen molar-refractivity contribution in [3.05, 3.63) is 54.6 Å². The second-order valence-electron chi connectivity index (χ2n) is 5.56. The molecule has 3 N–H and O–H groups in total. The molecule has 0 unspecified atom stereocenters. The first-order valence-corrected chi connectivity index (χ1v) is 8.84. The Bertz CT molecular complexity index is 669. The highest BCUT2D eigenvalue weighted by Crippen LogP contribution is 2.41. The van der Waals surface area contributed by atoms with Crippen LogP contribution < -0.4 is 15.4 Å². The van der Waals surface area contributed by atoms with E-state index in [2.05, 4.69) is 10.6 Å². The van der Waals surface area contributed by atoms with E-state index < -0.39 is 11.0 Å². The topological polar surface area (TPSA) is 70.6 Å². The van der Waals surface area contributed by atoms with Gasteiger partial charge in [0.15, 0.2) is 4.99 Å². The zero-order valence-corrected chi connectivity index (χ0v) is 14.0. The lowest BCUT2D eigenvalue weighted by molar-refractivity contribution is -0.137. The maximum absolute atomic E-state index is 11.3. The molecule has 5 nitrogen and oxygen atoms in total. The number of aliphatic carboxylic acids is 1. The summed E-state index contributed by atoms with van der Waals surface area (Å²) in [6, 6.07) is 17.4. The molecule has 1 aliphatic rings. The molecule has 0 saturated heterocycles. The number of carboxylic acid groups (broad SMARTS) is 1. The maximum Gasteiger partial charge on any atom is 0.308 e. The third-order valence-electron chi connectivity index (χ3n) is 3.65. The molecule has 0 atom stereocenters. The van der Waals surface area contributed by atoms with Crippen molar-refractivity contribution in [2.75, 3.05) is 23.0 Å². The molecule has 0 saturated carbocycles. The summed E-state index contributed by atoms with van der Waals surface area (Å²) in [5.74, 6) is 0.803. The minimum Gasteiger partial charge on any atom is -0.494 e. The van der Waals surface area contributed by atoms with Crippen molar-refractivity contribution in [2.45, 2.75) is 17.8 Å². The Morgan fingerprint density at radius 1 is 1.04 bits per heavy atom. The van der Waals surface area contributed by atoms with Gasteiger partial charge in [0.25, 0.3) is 0 Å². The fourth-order valence-electron chi connectivity index (χ4n) is 2.60. The van der Waals surface area contributed by atoms with Gasteiger partial charge < -0.3 is 20.5 Å². The van der Waals surface area contributed by atoms with Crippen LogP contribution in [0.2, 0.25) is 0 Å². The summed E-state index contributed by atoms with van der Waals surface area (Å²) >= 11 is 1.57. The van der Waals surface area contributed by atoms with Crippen molar-refractivity contribution < 1.29 is 14.6 Å². The maximum atomic E-state index is 11.3. The number of carbonyl (C=O) groups is 1. The van der Waals surface area contributed by atoms with Crippen molar-refractivity contribution in [2.24, 2.45) is 0 Å². The number of hydrogen-bond donors (Lipinski definition) is 3. The first-order valence-electron chi connectivity index (χ1n) is 7.86. The second-order valence-corrected chi connectivity index (χ2v) is 6.95. The van der Waals surface area contributed by atoms with Crippen LogP contribution in [0.1, 0.15) is 12.8 Å². The minimum absolute atomic E-state index is 0.00805. The van der Waals surface area contributed by atoms with Gasteiger partial charge in [-0.2, -0.15) is 0 Å². The molecule has 0 amide bonds. The Morgan fingerprint density at radius 2 is 1.67 bits per heavy atom. The number of benzene rings is 2. The molecule has 1 heterocycles. The molecule has 2 aromatic rings. The molecule has 0 aromatic heterocycles. The molecule has 24 heavy (non-hydrogen) atoms. The minimum atomic E-state index is -0.837. The third-order valence-corrected chi connectivity index (χ3v) is 4.98. The van der Waals surface area contributed by atoms with Gasteiger partial charge in [-0.15, -0.1) is 11.8 Å². The van der Waals surface area contributed by atoms with E-state index in [0.717, 1.165) is 29.3 Å². The molecular weight excluding hydrogens is 324 g/mol. The summed E-state index contributed by atoms with van der Waals surface area (Å²) < 4.78 is 5.68. The van der Waals surface area contributed by atoms with Crippen molar-refractivity contribution in [3.8, 4) is 5.75 Å². The lowest BCUT2D eigenvalue weighted by atomic mass is 10.3. The van der Waals surface area contributed by atoms with Crippen LogP contribution in [0.25, 0.3) is 0 Å². The van der Waals surface area contributed by atoms with E-state index >= 15 is 0 Å². The van der Waals surface area contributed by atoms with Gasteiger partial charge in [0, 0.05) is 5.75 Å². The van der Waals surface area contributed by atoms with Crippen molar-refractivity contribution in [1.29, 1.82) is 0 Å². The zero-order valence-electron chi connectivity index (χ0n) is 13.2. The largest absolute Gasteiger partial charge is 0.494 e. The molecule has 0 aliphatic carbocycles. The summed E-state index contributed by atoms with van der Waals surface area (Å²) in [7, 11) is 0. The van der Waals surface area contributed by atoms with Crippen LogP contribution in [0.3, 0.4) is 0 Å². The highest BCUT2D eigenvalue weighted by atomic mass is 32.2. The number of anilines is 2. The van der Waals surface area contributed by atoms with Crippen molar-refractivity contribution in [3.63, 3.8) is 0 Å². The van der Waals surface area contributed by atoms with E-state index in [4.69, 9.17) is 4.74 Å². The summed E-state index contributed by atoms with van der Waals surface area (Å²) in [5.41, 5.74) is 1.87. The number of thioether (sulfide) groups is 1. The summed E-state index contributed by atoms with van der Waals surface area (Å²) in [4.78, 5) is 10.6. The summed E-state index contributed by atoms with van der Waals surface area (Å²) in [5, 5.41) is 15.9. The Hall–Kier alpha value is -2.34. The predicted molar refractivity (Wildman–Crippen MR) is 97.7 cm³/mol. The summed E-state index contributed by atoms with van der Waals surface area (Å²) in [6.07, 6.45) is 0.826. The lowest BCUT2D eigenvalue weighted by Crippen LogP contribution is -2.40. The number of carboxylic acids is 1. The molecule has 1 aliphatic heterocycles. The molecule has 0 bridgehead atoms. The number of ether oxygens (including phenoxy) is 1. The van der Waals surface area contributed by atoms with Gasteiger partial charge in [0.1, 0.15) is 5.75 Å². The second kappa shape index (κ2) is 7.49. The smallest absolute Gasteiger partial charge is 0.308 e. The Labute approximate surface area is 145 Å². The first-order chi connectivity index (χ1) is 11.7. The van der Waals surface area contributed by atoms with E-state index in [1.54, 1.807) is 11.8 Å². The molecular formula is C18H20N2O3S. The van der Waals surface area contributed by atoms with Crippen molar-refractivity contribution >= 4 is 29.1 Å². The van der Waals surface area contributed by atoms with Gasteiger partial charge in [-0.1, -0.05) is 30.3 Å². The molecule has 0 spiro atoms.